The third-order valence-electron chi connectivity index (χ3n) is 2.63. The predicted molar refractivity (Wildman–Crippen MR) is 59.6 cm³/mol. The fraction of sp³-hybridized carbons (Fsp3) is 0.364. The molecule has 1 aliphatic rings. The van der Waals surface area contributed by atoms with Crippen molar-refractivity contribution in [3.05, 3.63) is 28.8 Å². The number of halogens is 1. The van der Waals surface area contributed by atoms with Gasteiger partial charge in [-0.2, -0.15) is 0 Å². The summed E-state index contributed by atoms with van der Waals surface area (Å²) in [7, 11) is 0. The minimum atomic E-state index is -0.458. The lowest BCUT2D eigenvalue weighted by atomic mass is 10.2. The highest BCUT2D eigenvalue weighted by Gasteiger charge is 2.26. The van der Waals surface area contributed by atoms with Crippen LogP contribution in [0.2, 0.25) is 5.02 Å². The molecular weight excluding hydrogens is 230 g/mol. The normalized spacial score (nSPS) is 20.1. The van der Waals surface area contributed by atoms with Crippen LogP contribution in [-0.2, 0) is 0 Å². The van der Waals surface area contributed by atoms with Gasteiger partial charge in [-0.25, -0.2) is 0 Å². The molecule has 0 aliphatic carbocycles. The Morgan fingerprint density at radius 3 is 2.88 bits per heavy atom. The van der Waals surface area contributed by atoms with Gasteiger partial charge in [-0.05, 0) is 24.6 Å². The van der Waals surface area contributed by atoms with Crippen molar-refractivity contribution in [1.29, 1.82) is 0 Å². The van der Waals surface area contributed by atoms with Crippen LogP contribution in [0.4, 0.5) is 0 Å². The molecule has 1 aliphatic heterocycles. The molecule has 86 valence electrons. The predicted octanol–water partition coefficient (Wildman–Crippen LogP) is 1.25. The van der Waals surface area contributed by atoms with Gasteiger partial charge in [-0.3, -0.25) is 4.79 Å². The average molecular weight is 242 g/mol. The van der Waals surface area contributed by atoms with Gasteiger partial charge in [0.15, 0.2) is 0 Å². The van der Waals surface area contributed by atoms with Crippen LogP contribution in [0.15, 0.2) is 18.2 Å². The lowest BCUT2D eigenvalue weighted by Crippen LogP contribution is -2.29. The fourth-order valence-corrected chi connectivity index (χ4v) is 1.97. The van der Waals surface area contributed by atoms with Crippen LogP contribution in [-0.4, -0.2) is 40.2 Å². The summed E-state index contributed by atoms with van der Waals surface area (Å²) in [5.41, 5.74) is 0.274. The van der Waals surface area contributed by atoms with Crippen molar-refractivity contribution in [1.82, 2.24) is 4.90 Å². The smallest absolute Gasteiger partial charge is 0.255 e. The van der Waals surface area contributed by atoms with Crippen molar-refractivity contribution in [2.24, 2.45) is 0 Å². The summed E-state index contributed by atoms with van der Waals surface area (Å²) in [6, 6.07) is 4.25. The standard InChI is InChI=1S/C11H12ClNO3/c12-10-2-1-7(14)5-9(10)11(16)13-4-3-8(15)6-13/h1-2,5,8,14-15H,3-4,6H2. The van der Waals surface area contributed by atoms with Gasteiger partial charge in [0.05, 0.1) is 16.7 Å². The van der Waals surface area contributed by atoms with Crippen molar-refractivity contribution >= 4 is 17.5 Å². The Kier molecular flexibility index (Phi) is 3.03. The summed E-state index contributed by atoms with van der Waals surface area (Å²) in [6.45, 7) is 0.844. The lowest BCUT2D eigenvalue weighted by Gasteiger charge is -2.16. The quantitative estimate of drug-likeness (QED) is 0.778. The molecule has 0 bridgehead atoms. The number of amides is 1. The minimum Gasteiger partial charge on any atom is -0.508 e. The Labute approximate surface area is 98.1 Å². The highest BCUT2D eigenvalue weighted by molar-refractivity contribution is 6.33. The van der Waals surface area contributed by atoms with Gasteiger partial charge < -0.3 is 15.1 Å². The Morgan fingerprint density at radius 1 is 1.50 bits per heavy atom. The van der Waals surface area contributed by atoms with E-state index in [4.69, 9.17) is 11.6 Å². The van der Waals surface area contributed by atoms with Crippen molar-refractivity contribution in [2.75, 3.05) is 13.1 Å². The Bertz CT molecular complexity index is 422. The SMILES string of the molecule is O=C(c1cc(O)ccc1Cl)N1CCC(O)C1. The van der Waals surface area contributed by atoms with Crippen LogP contribution in [0.5, 0.6) is 5.75 Å². The molecule has 2 rings (SSSR count). The molecule has 1 amide bonds. The third kappa shape index (κ3) is 2.13. The van der Waals surface area contributed by atoms with Crippen LogP contribution in [0.1, 0.15) is 16.8 Å². The molecule has 0 aromatic heterocycles. The second kappa shape index (κ2) is 4.31. The topological polar surface area (TPSA) is 60.8 Å². The minimum absolute atomic E-state index is 0.00694. The number of β-amino-alcohol motifs (C(OH)–C–C–N with tert-alkyl or cyclic N) is 1. The van der Waals surface area contributed by atoms with Gasteiger partial charge in [-0.1, -0.05) is 11.6 Å². The van der Waals surface area contributed by atoms with Gasteiger partial charge >= 0.3 is 0 Å². The van der Waals surface area contributed by atoms with Gasteiger partial charge in [0.1, 0.15) is 5.75 Å². The van der Waals surface area contributed by atoms with Crippen LogP contribution in [0.25, 0.3) is 0 Å². The molecule has 1 heterocycles. The molecule has 1 aromatic carbocycles. The summed E-state index contributed by atoms with van der Waals surface area (Å²) in [6.07, 6.45) is 0.127. The van der Waals surface area contributed by atoms with E-state index in [2.05, 4.69) is 0 Å². The second-order valence-corrected chi connectivity index (χ2v) is 4.27. The zero-order valence-electron chi connectivity index (χ0n) is 8.56. The molecule has 1 fully saturated rings. The maximum Gasteiger partial charge on any atom is 0.255 e. The summed E-state index contributed by atoms with van der Waals surface area (Å²) in [5, 5.41) is 19.0. The number of likely N-dealkylation sites (tertiary alicyclic amines) is 1. The first-order valence-electron chi connectivity index (χ1n) is 5.04. The number of aliphatic hydroxyl groups excluding tert-OH is 1. The maximum atomic E-state index is 12.0. The third-order valence-corrected chi connectivity index (χ3v) is 2.96. The molecular formula is C11H12ClNO3. The number of nitrogens with zero attached hydrogens (tertiary/aromatic N) is 1. The molecule has 1 aromatic rings. The van der Waals surface area contributed by atoms with Crippen LogP contribution >= 0.6 is 11.6 Å². The van der Waals surface area contributed by atoms with E-state index in [1.165, 1.54) is 23.1 Å². The van der Waals surface area contributed by atoms with Crippen LogP contribution < -0.4 is 0 Å². The highest BCUT2D eigenvalue weighted by atomic mass is 35.5. The summed E-state index contributed by atoms with van der Waals surface area (Å²) in [4.78, 5) is 13.5. The highest BCUT2D eigenvalue weighted by Crippen LogP contribution is 2.24. The first-order valence-corrected chi connectivity index (χ1v) is 5.41. The Morgan fingerprint density at radius 2 is 2.25 bits per heavy atom. The number of rotatable bonds is 1. The monoisotopic (exact) mass is 241 g/mol. The first kappa shape index (κ1) is 11.2. The molecule has 0 spiro atoms. The summed E-state index contributed by atoms with van der Waals surface area (Å²) in [5.74, 6) is -0.245. The lowest BCUT2D eigenvalue weighted by molar-refractivity contribution is 0.0765. The zero-order valence-corrected chi connectivity index (χ0v) is 9.31. The molecule has 1 saturated heterocycles. The van der Waals surface area contributed by atoms with Crippen molar-refractivity contribution in [3.8, 4) is 5.75 Å². The molecule has 1 unspecified atom stereocenters. The van der Waals surface area contributed by atoms with Crippen LogP contribution in [0.3, 0.4) is 0 Å². The number of aromatic hydroxyl groups is 1. The van der Waals surface area contributed by atoms with Gasteiger partial charge in [0, 0.05) is 13.1 Å². The number of phenols is 1. The molecule has 0 saturated carbocycles. The van der Waals surface area contributed by atoms with Gasteiger partial charge in [-0.15, -0.1) is 0 Å². The summed E-state index contributed by atoms with van der Waals surface area (Å²) >= 11 is 5.88. The molecule has 4 nitrogen and oxygen atoms in total. The van der Waals surface area contributed by atoms with E-state index in [0.29, 0.717) is 24.5 Å². The van der Waals surface area contributed by atoms with E-state index in [9.17, 15) is 15.0 Å². The zero-order chi connectivity index (χ0) is 11.7. The number of carbonyl (C=O) groups excluding carboxylic acids is 1. The maximum absolute atomic E-state index is 12.0. The number of hydrogen-bond donors (Lipinski definition) is 2. The van der Waals surface area contributed by atoms with Crippen molar-refractivity contribution < 1.29 is 15.0 Å². The van der Waals surface area contributed by atoms with Crippen LogP contribution in [0, 0.1) is 0 Å². The van der Waals surface area contributed by atoms with Crippen molar-refractivity contribution in [2.45, 2.75) is 12.5 Å². The molecule has 2 N–H and O–H groups in total. The summed E-state index contributed by atoms with van der Waals surface area (Å²) < 4.78 is 0. The molecule has 1 atom stereocenters. The number of aliphatic hydroxyl groups is 1. The number of hydrogen-bond acceptors (Lipinski definition) is 3. The number of phenolic OH excluding ortho intramolecular Hbond substituents is 1. The molecule has 0 radical (unpaired) electrons. The number of carbonyl (C=O) groups is 1. The second-order valence-electron chi connectivity index (χ2n) is 3.86. The van der Waals surface area contributed by atoms with E-state index in [-0.39, 0.29) is 17.2 Å². The fourth-order valence-electron chi connectivity index (χ4n) is 1.77. The van der Waals surface area contributed by atoms with E-state index >= 15 is 0 Å². The number of benzene rings is 1. The van der Waals surface area contributed by atoms with E-state index in [1.807, 2.05) is 0 Å². The van der Waals surface area contributed by atoms with E-state index < -0.39 is 6.10 Å². The van der Waals surface area contributed by atoms with E-state index in [1.54, 1.807) is 0 Å². The largest absolute Gasteiger partial charge is 0.508 e. The first-order chi connectivity index (χ1) is 7.58. The van der Waals surface area contributed by atoms with E-state index in [0.717, 1.165) is 0 Å². The molecule has 5 heteroatoms. The van der Waals surface area contributed by atoms with Gasteiger partial charge in [0.2, 0.25) is 0 Å². The molecule has 16 heavy (non-hydrogen) atoms. The Hall–Kier alpha value is -1.26. The van der Waals surface area contributed by atoms with Gasteiger partial charge in [0.25, 0.3) is 5.91 Å². The Balaban J connectivity index is 2.23. The van der Waals surface area contributed by atoms with Crippen molar-refractivity contribution in [3.63, 3.8) is 0 Å². The average Bonchev–Trinajstić information content (AvgIpc) is 2.67.